The number of hydrogen-bond acceptors (Lipinski definition) is 7. The van der Waals surface area contributed by atoms with Crippen LogP contribution in [0.1, 0.15) is 53.4 Å². The van der Waals surface area contributed by atoms with Crippen LogP contribution in [0.5, 0.6) is 0 Å². The summed E-state index contributed by atoms with van der Waals surface area (Å²) >= 11 is 4.13. The number of thiol groups is 1. The maximum atomic E-state index is 12.8. The SMILES string of the molecule is CC(C)CC(N)C(=O)NC(CS)C(=O)NC(CC(C)C)C(=O)NC(CCCN=C(N)N)C(=O)O. The second-order valence-electron chi connectivity index (χ2n) is 9.02. The van der Waals surface area contributed by atoms with E-state index in [1.165, 1.54) is 0 Å². The van der Waals surface area contributed by atoms with Crippen molar-refractivity contribution in [2.75, 3.05) is 12.3 Å². The highest BCUT2D eigenvalue weighted by Crippen LogP contribution is 2.08. The molecule has 13 heteroatoms. The number of nitrogens with zero attached hydrogens (tertiary/aromatic N) is 1. The van der Waals surface area contributed by atoms with Gasteiger partial charge in [0.15, 0.2) is 5.96 Å². The summed E-state index contributed by atoms with van der Waals surface area (Å²) in [7, 11) is 0. The van der Waals surface area contributed by atoms with Gasteiger partial charge in [0.2, 0.25) is 17.7 Å². The van der Waals surface area contributed by atoms with E-state index in [-0.39, 0.29) is 42.9 Å². The molecule has 3 amide bonds. The largest absolute Gasteiger partial charge is 0.480 e. The molecule has 0 aliphatic heterocycles. The summed E-state index contributed by atoms with van der Waals surface area (Å²) < 4.78 is 0. The Morgan fingerprint density at radius 2 is 1.35 bits per heavy atom. The van der Waals surface area contributed by atoms with E-state index < -0.39 is 47.9 Å². The summed E-state index contributed by atoms with van der Waals surface area (Å²) in [5.74, 6) is -2.85. The van der Waals surface area contributed by atoms with Gasteiger partial charge in [-0.25, -0.2) is 4.79 Å². The fourth-order valence-corrected chi connectivity index (χ4v) is 3.35. The molecule has 0 aliphatic rings. The summed E-state index contributed by atoms with van der Waals surface area (Å²) in [6.45, 7) is 7.79. The van der Waals surface area contributed by atoms with Gasteiger partial charge >= 0.3 is 5.97 Å². The number of carbonyl (C=O) groups excluding carboxylic acids is 3. The lowest BCUT2D eigenvalue weighted by Crippen LogP contribution is -2.58. The summed E-state index contributed by atoms with van der Waals surface area (Å²) in [4.78, 5) is 53.3. The third-order valence-electron chi connectivity index (χ3n) is 4.78. The molecule has 4 atom stereocenters. The standard InChI is InChI=1S/C21H41N7O5S/c1-11(2)8-13(22)17(29)28-16(10-34)19(31)27-15(9-12(3)4)18(30)26-14(20(32)33)6-5-7-25-21(23)24/h11-16,34H,5-10,22H2,1-4H3,(H,26,30)(H,27,31)(H,28,29)(H,32,33)(H4,23,24,25). The number of carboxylic acid groups (broad SMARTS) is 1. The third-order valence-corrected chi connectivity index (χ3v) is 5.14. The molecule has 0 rings (SSSR count). The molecule has 0 heterocycles. The molecule has 0 aromatic heterocycles. The van der Waals surface area contributed by atoms with Crippen LogP contribution in [-0.4, -0.2) is 71.2 Å². The molecule has 0 bridgehead atoms. The first kappa shape index (κ1) is 31.5. The molecule has 0 aromatic carbocycles. The van der Waals surface area contributed by atoms with Gasteiger partial charge in [-0.2, -0.15) is 12.6 Å². The number of carbonyl (C=O) groups is 4. The normalized spacial score (nSPS) is 14.6. The maximum absolute atomic E-state index is 12.8. The van der Waals surface area contributed by atoms with E-state index in [0.29, 0.717) is 12.8 Å². The molecule has 0 saturated heterocycles. The van der Waals surface area contributed by atoms with Crippen LogP contribution in [0, 0.1) is 11.8 Å². The first-order valence-electron chi connectivity index (χ1n) is 11.3. The Morgan fingerprint density at radius 3 is 1.82 bits per heavy atom. The van der Waals surface area contributed by atoms with E-state index in [1.807, 2.05) is 27.7 Å². The predicted octanol–water partition coefficient (Wildman–Crippen LogP) is -1.07. The predicted molar refractivity (Wildman–Crippen MR) is 134 cm³/mol. The second kappa shape index (κ2) is 16.1. The molecule has 12 nitrogen and oxygen atoms in total. The fourth-order valence-electron chi connectivity index (χ4n) is 3.10. The molecule has 34 heavy (non-hydrogen) atoms. The van der Waals surface area contributed by atoms with Crippen molar-refractivity contribution in [1.82, 2.24) is 16.0 Å². The van der Waals surface area contributed by atoms with Crippen LogP contribution < -0.4 is 33.2 Å². The number of rotatable bonds is 16. The Morgan fingerprint density at radius 1 is 0.853 bits per heavy atom. The number of guanidine groups is 1. The molecule has 4 unspecified atom stereocenters. The number of amides is 3. The van der Waals surface area contributed by atoms with Gasteiger partial charge < -0.3 is 38.3 Å². The van der Waals surface area contributed by atoms with Crippen molar-refractivity contribution in [3.8, 4) is 0 Å². The molecular weight excluding hydrogens is 462 g/mol. The minimum Gasteiger partial charge on any atom is -0.480 e. The molecule has 0 fully saturated rings. The molecule has 0 saturated carbocycles. The van der Waals surface area contributed by atoms with Gasteiger partial charge in [0, 0.05) is 12.3 Å². The van der Waals surface area contributed by atoms with Crippen molar-refractivity contribution in [1.29, 1.82) is 0 Å². The van der Waals surface area contributed by atoms with Gasteiger partial charge in [-0.05, 0) is 37.5 Å². The minimum atomic E-state index is -1.22. The maximum Gasteiger partial charge on any atom is 0.326 e. The van der Waals surface area contributed by atoms with E-state index in [0.717, 1.165) is 0 Å². The number of aliphatic imine (C=N–C) groups is 1. The Hall–Kier alpha value is -2.54. The number of aliphatic carboxylic acids is 1. The summed E-state index contributed by atoms with van der Waals surface area (Å²) in [6.07, 6.45) is 1.15. The number of carboxylic acids is 1. The molecule has 0 aliphatic carbocycles. The Bertz CT molecular complexity index is 714. The number of nitrogens with one attached hydrogen (secondary N) is 3. The van der Waals surface area contributed by atoms with Crippen LogP contribution in [0.2, 0.25) is 0 Å². The lowest BCUT2D eigenvalue weighted by molar-refractivity contribution is -0.142. The lowest BCUT2D eigenvalue weighted by atomic mass is 10.0. The second-order valence-corrected chi connectivity index (χ2v) is 9.38. The van der Waals surface area contributed by atoms with Crippen LogP contribution in [0.25, 0.3) is 0 Å². The minimum absolute atomic E-state index is 0.00939. The molecule has 10 N–H and O–H groups in total. The summed E-state index contributed by atoms with van der Waals surface area (Å²) in [5, 5.41) is 17.1. The quantitative estimate of drug-likeness (QED) is 0.0560. The highest BCUT2D eigenvalue weighted by Gasteiger charge is 2.30. The number of hydrogen-bond donors (Lipinski definition) is 8. The van der Waals surface area contributed by atoms with Crippen molar-refractivity contribution >= 4 is 42.3 Å². The van der Waals surface area contributed by atoms with Crippen LogP contribution in [0.4, 0.5) is 0 Å². The van der Waals surface area contributed by atoms with Gasteiger partial charge in [-0.3, -0.25) is 19.4 Å². The third kappa shape index (κ3) is 13.2. The Balaban J connectivity index is 5.23. The van der Waals surface area contributed by atoms with Crippen LogP contribution in [-0.2, 0) is 19.2 Å². The Labute approximate surface area is 206 Å². The zero-order valence-corrected chi connectivity index (χ0v) is 21.3. The molecule has 196 valence electrons. The van der Waals surface area contributed by atoms with Crippen LogP contribution in [0.3, 0.4) is 0 Å². The first-order chi connectivity index (χ1) is 15.8. The lowest BCUT2D eigenvalue weighted by Gasteiger charge is -2.25. The average Bonchev–Trinajstić information content (AvgIpc) is 2.71. The van der Waals surface area contributed by atoms with E-state index >= 15 is 0 Å². The van der Waals surface area contributed by atoms with Gasteiger partial charge in [0.05, 0.1) is 6.04 Å². The first-order valence-corrected chi connectivity index (χ1v) is 12.0. The zero-order valence-electron chi connectivity index (χ0n) is 20.4. The van der Waals surface area contributed by atoms with Gasteiger partial charge in [0.1, 0.15) is 18.1 Å². The van der Waals surface area contributed by atoms with Gasteiger partial charge in [-0.15, -0.1) is 0 Å². The van der Waals surface area contributed by atoms with Crippen molar-refractivity contribution < 1.29 is 24.3 Å². The highest BCUT2D eigenvalue weighted by atomic mass is 32.1. The highest BCUT2D eigenvalue weighted by molar-refractivity contribution is 7.80. The summed E-state index contributed by atoms with van der Waals surface area (Å²) in [5.41, 5.74) is 16.4. The number of nitrogens with two attached hydrogens (primary N) is 3. The molecule has 0 spiro atoms. The molecule has 0 radical (unpaired) electrons. The Kier molecular flexibility index (Phi) is 14.9. The van der Waals surface area contributed by atoms with Crippen LogP contribution in [0.15, 0.2) is 4.99 Å². The van der Waals surface area contributed by atoms with E-state index in [2.05, 4.69) is 33.6 Å². The van der Waals surface area contributed by atoms with Crippen molar-refractivity contribution in [3.05, 3.63) is 0 Å². The van der Waals surface area contributed by atoms with Crippen molar-refractivity contribution in [2.24, 2.45) is 34.0 Å². The fraction of sp³-hybridized carbons (Fsp3) is 0.762. The van der Waals surface area contributed by atoms with Crippen molar-refractivity contribution in [3.63, 3.8) is 0 Å². The summed E-state index contributed by atoms with van der Waals surface area (Å²) in [6, 6.07) is -3.97. The molecule has 0 aromatic rings. The van der Waals surface area contributed by atoms with E-state index in [1.54, 1.807) is 0 Å². The monoisotopic (exact) mass is 503 g/mol. The topological polar surface area (TPSA) is 215 Å². The zero-order chi connectivity index (χ0) is 26.4. The van der Waals surface area contributed by atoms with Gasteiger partial charge in [-0.1, -0.05) is 27.7 Å². The molecular formula is C21H41N7O5S. The van der Waals surface area contributed by atoms with Crippen molar-refractivity contribution in [2.45, 2.75) is 77.5 Å². The van der Waals surface area contributed by atoms with Gasteiger partial charge in [0.25, 0.3) is 0 Å². The smallest absolute Gasteiger partial charge is 0.326 e. The van der Waals surface area contributed by atoms with E-state index in [9.17, 15) is 24.3 Å². The van der Waals surface area contributed by atoms with E-state index in [4.69, 9.17) is 17.2 Å². The van der Waals surface area contributed by atoms with Crippen LogP contribution >= 0.6 is 12.6 Å². The average molecular weight is 504 g/mol.